The Balaban J connectivity index is 1.69. The third kappa shape index (κ3) is 2.83. The fourth-order valence-corrected chi connectivity index (χ4v) is 4.40. The molecule has 21 heavy (non-hydrogen) atoms. The zero-order valence-electron chi connectivity index (χ0n) is 11.7. The van der Waals surface area contributed by atoms with E-state index in [9.17, 15) is 13.2 Å². The maximum atomic E-state index is 12.4. The van der Waals surface area contributed by atoms with Crippen LogP contribution in [0.1, 0.15) is 6.42 Å². The molecule has 0 aromatic heterocycles. The molecule has 0 radical (unpaired) electrons. The molecule has 1 saturated heterocycles. The number of hydrogen-bond donors (Lipinski definition) is 0. The quantitative estimate of drug-likeness (QED) is 0.794. The Morgan fingerprint density at radius 2 is 2.00 bits per heavy atom. The number of likely N-dealkylation sites (N-methyl/N-ethyl adjacent to an activating group) is 1. The lowest BCUT2D eigenvalue weighted by molar-refractivity contribution is -0.141. The summed E-state index contributed by atoms with van der Waals surface area (Å²) in [6, 6.07) is 6.89. The van der Waals surface area contributed by atoms with Gasteiger partial charge in [-0.15, -0.1) is 0 Å². The molecule has 2 aliphatic heterocycles. The molecule has 0 spiro atoms. The van der Waals surface area contributed by atoms with Gasteiger partial charge in [-0.25, -0.2) is 8.42 Å². The van der Waals surface area contributed by atoms with Crippen molar-refractivity contribution in [1.29, 1.82) is 0 Å². The molecule has 3 rings (SSSR count). The van der Waals surface area contributed by atoms with Gasteiger partial charge < -0.3 is 14.4 Å². The number of ether oxygens (including phenoxy) is 2. The third-order valence-electron chi connectivity index (χ3n) is 3.89. The minimum atomic E-state index is -3.02. The molecule has 114 valence electrons. The van der Waals surface area contributed by atoms with Crippen LogP contribution in [0.3, 0.4) is 0 Å². The Labute approximate surface area is 123 Å². The van der Waals surface area contributed by atoms with Crippen molar-refractivity contribution in [2.45, 2.75) is 18.6 Å². The smallest absolute Gasteiger partial charge is 0.267 e. The number of para-hydroxylation sites is 2. The van der Waals surface area contributed by atoms with Gasteiger partial charge in [0.25, 0.3) is 5.91 Å². The monoisotopic (exact) mass is 311 g/mol. The topological polar surface area (TPSA) is 72.9 Å². The number of carbonyl (C=O) groups excluding carboxylic acids is 1. The fourth-order valence-electron chi connectivity index (χ4n) is 2.63. The van der Waals surface area contributed by atoms with Gasteiger partial charge >= 0.3 is 0 Å². The second kappa shape index (κ2) is 5.22. The summed E-state index contributed by atoms with van der Waals surface area (Å²) in [6.07, 6.45) is -0.248. The lowest BCUT2D eigenvalue weighted by atomic mass is 10.2. The van der Waals surface area contributed by atoms with Crippen molar-refractivity contribution in [3.8, 4) is 11.5 Å². The van der Waals surface area contributed by atoms with Crippen LogP contribution >= 0.6 is 0 Å². The zero-order chi connectivity index (χ0) is 15.0. The Morgan fingerprint density at radius 3 is 2.67 bits per heavy atom. The molecule has 0 saturated carbocycles. The number of amides is 1. The first-order valence-electron chi connectivity index (χ1n) is 6.82. The number of benzene rings is 1. The van der Waals surface area contributed by atoms with Crippen LogP contribution in [0.15, 0.2) is 24.3 Å². The highest BCUT2D eigenvalue weighted by atomic mass is 32.2. The van der Waals surface area contributed by atoms with Gasteiger partial charge in [-0.2, -0.15) is 0 Å². The molecule has 7 heteroatoms. The van der Waals surface area contributed by atoms with Crippen molar-refractivity contribution >= 4 is 15.7 Å². The summed E-state index contributed by atoms with van der Waals surface area (Å²) in [5.74, 6) is 1.08. The van der Waals surface area contributed by atoms with Crippen LogP contribution in [0.5, 0.6) is 11.5 Å². The van der Waals surface area contributed by atoms with E-state index in [1.807, 2.05) is 12.1 Å². The maximum absolute atomic E-state index is 12.4. The molecule has 2 heterocycles. The Bertz CT molecular complexity index is 657. The van der Waals surface area contributed by atoms with E-state index in [1.54, 1.807) is 19.2 Å². The molecule has 0 aliphatic carbocycles. The lowest BCUT2D eigenvalue weighted by Gasteiger charge is -2.31. The summed E-state index contributed by atoms with van der Waals surface area (Å²) < 4.78 is 34.2. The number of hydrogen-bond acceptors (Lipinski definition) is 5. The molecular weight excluding hydrogens is 294 g/mol. The molecule has 1 amide bonds. The van der Waals surface area contributed by atoms with Gasteiger partial charge in [0.2, 0.25) is 6.10 Å². The minimum Gasteiger partial charge on any atom is -0.485 e. The van der Waals surface area contributed by atoms with Crippen LogP contribution in [0.25, 0.3) is 0 Å². The van der Waals surface area contributed by atoms with Crippen molar-refractivity contribution in [2.24, 2.45) is 0 Å². The summed E-state index contributed by atoms with van der Waals surface area (Å²) in [6.45, 7) is 0.139. The summed E-state index contributed by atoms with van der Waals surface area (Å²) in [5.41, 5.74) is 0. The summed E-state index contributed by atoms with van der Waals surface area (Å²) in [7, 11) is -1.40. The highest BCUT2D eigenvalue weighted by molar-refractivity contribution is 7.91. The zero-order valence-corrected chi connectivity index (χ0v) is 12.5. The van der Waals surface area contributed by atoms with E-state index >= 15 is 0 Å². The largest absolute Gasteiger partial charge is 0.485 e. The van der Waals surface area contributed by atoms with E-state index in [2.05, 4.69) is 0 Å². The van der Waals surface area contributed by atoms with Crippen LogP contribution in [0.4, 0.5) is 0 Å². The molecule has 1 aromatic rings. The first kappa shape index (κ1) is 14.2. The van der Waals surface area contributed by atoms with Crippen LogP contribution in [0, 0.1) is 0 Å². The molecular formula is C14H17NO5S. The minimum absolute atomic E-state index is 0.0272. The predicted octanol–water partition coefficient (Wildman–Crippen LogP) is 0.472. The average Bonchev–Trinajstić information content (AvgIpc) is 2.85. The van der Waals surface area contributed by atoms with Gasteiger partial charge in [-0.1, -0.05) is 12.1 Å². The number of rotatable bonds is 2. The summed E-state index contributed by atoms with van der Waals surface area (Å²) in [5, 5.41) is 0. The SMILES string of the molecule is CN(C(=O)[C@@H]1COc2ccccc2O1)[C@H]1CCS(=O)(=O)C1. The van der Waals surface area contributed by atoms with Gasteiger partial charge in [-0.05, 0) is 18.6 Å². The van der Waals surface area contributed by atoms with E-state index in [0.717, 1.165) is 0 Å². The van der Waals surface area contributed by atoms with Crippen molar-refractivity contribution in [2.75, 3.05) is 25.2 Å². The van der Waals surface area contributed by atoms with Crippen LogP contribution in [0.2, 0.25) is 0 Å². The Hall–Kier alpha value is -1.76. The number of nitrogens with zero attached hydrogens (tertiary/aromatic N) is 1. The predicted molar refractivity (Wildman–Crippen MR) is 76.2 cm³/mol. The van der Waals surface area contributed by atoms with Gasteiger partial charge in [0.05, 0.1) is 11.5 Å². The van der Waals surface area contributed by atoms with Gasteiger partial charge in [0, 0.05) is 13.1 Å². The molecule has 1 aromatic carbocycles. The van der Waals surface area contributed by atoms with Crippen molar-refractivity contribution < 1.29 is 22.7 Å². The van der Waals surface area contributed by atoms with Crippen LogP contribution < -0.4 is 9.47 Å². The maximum Gasteiger partial charge on any atom is 0.267 e. The second-order valence-electron chi connectivity index (χ2n) is 5.37. The summed E-state index contributed by atoms with van der Waals surface area (Å²) in [4.78, 5) is 13.9. The molecule has 0 N–H and O–H groups in total. The number of carbonyl (C=O) groups is 1. The number of sulfone groups is 1. The summed E-state index contributed by atoms with van der Waals surface area (Å²) >= 11 is 0. The third-order valence-corrected chi connectivity index (χ3v) is 5.64. The molecule has 0 unspecified atom stereocenters. The first-order valence-corrected chi connectivity index (χ1v) is 8.64. The van der Waals surface area contributed by atoms with E-state index in [4.69, 9.17) is 9.47 Å². The number of fused-ring (bicyclic) bond motifs is 1. The first-order chi connectivity index (χ1) is 9.96. The average molecular weight is 311 g/mol. The van der Waals surface area contributed by atoms with E-state index in [1.165, 1.54) is 4.90 Å². The van der Waals surface area contributed by atoms with E-state index in [-0.39, 0.29) is 30.1 Å². The highest BCUT2D eigenvalue weighted by Gasteiger charge is 2.37. The van der Waals surface area contributed by atoms with E-state index < -0.39 is 15.9 Å². The molecule has 1 fully saturated rings. The van der Waals surface area contributed by atoms with E-state index in [0.29, 0.717) is 17.9 Å². The molecule has 6 nitrogen and oxygen atoms in total. The van der Waals surface area contributed by atoms with Crippen LogP contribution in [-0.2, 0) is 14.6 Å². The lowest BCUT2D eigenvalue weighted by Crippen LogP contribution is -2.48. The van der Waals surface area contributed by atoms with Crippen molar-refractivity contribution in [1.82, 2.24) is 4.90 Å². The van der Waals surface area contributed by atoms with Crippen molar-refractivity contribution in [3.63, 3.8) is 0 Å². The van der Waals surface area contributed by atoms with Crippen molar-refractivity contribution in [3.05, 3.63) is 24.3 Å². The highest BCUT2D eigenvalue weighted by Crippen LogP contribution is 2.31. The Kier molecular flexibility index (Phi) is 3.52. The van der Waals surface area contributed by atoms with Crippen LogP contribution in [-0.4, -0.2) is 56.5 Å². The molecule has 2 atom stereocenters. The van der Waals surface area contributed by atoms with Gasteiger partial charge in [-0.3, -0.25) is 4.79 Å². The normalized spacial score (nSPS) is 26.3. The van der Waals surface area contributed by atoms with Gasteiger partial charge in [0.15, 0.2) is 21.3 Å². The molecule has 2 aliphatic rings. The van der Waals surface area contributed by atoms with Gasteiger partial charge in [0.1, 0.15) is 6.61 Å². The fraction of sp³-hybridized carbons (Fsp3) is 0.500. The Morgan fingerprint density at radius 1 is 1.29 bits per heavy atom. The standard InChI is InChI=1S/C14H17NO5S/c1-15(10-6-7-21(17,18)9-10)14(16)13-8-19-11-4-2-3-5-12(11)20-13/h2-5,10,13H,6-9H2,1H3/t10-,13-/m0/s1. The second-order valence-corrected chi connectivity index (χ2v) is 7.60. The molecule has 0 bridgehead atoms.